The molecular formula is C14H20BrN3O. The van der Waals surface area contributed by atoms with Crippen LogP contribution < -0.4 is 11.1 Å². The Morgan fingerprint density at radius 1 is 1.37 bits per heavy atom. The Morgan fingerprint density at radius 2 is 2.00 bits per heavy atom. The van der Waals surface area contributed by atoms with Crippen molar-refractivity contribution in [2.45, 2.75) is 32.7 Å². The largest absolute Gasteiger partial charge is 0.381 e. The number of carbonyl (C=O) groups is 1. The average molecular weight is 326 g/mol. The van der Waals surface area contributed by atoms with E-state index in [4.69, 9.17) is 5.73 Å². The summed E-state index contributed by atoms with van der Waals surface area (Å²) >= 11 is 3.61. The second-order valence-corrected chi connectivity index (χ2v) is 6.04. The van der Waals surface area contributed by atoms with Gasteiger partial charge in [0.2, 0.25) is 0 Å². The standard InChI is InChI=1S/C14H20BrN3O/c1-9-7-10(2)13(12(15)8-9)17-11-3-5-18(6-4-11)14(16)19/h7-8,11,17H,3-6H2,1-2H3,(H2,16,19). The van der Waals surface area contributed by atoms with E-state index in [1.54, 1.807) is 4.90 Å². The maximum atomic E-state index is 11.1. The molecule has 5 heteroatoms. The number of nitrogens with zero attached hydrogens (tertiary/aromatic N) is 1. The van der Waals surface area contributed by atoms with Crippen LogP contribution in [0, 0.1) is 13.8 Å². The molecule has 0 unspecified atom stereocenters. The van der Waals surface area contributed by atoms with Crippen molar-refractivity contribution >= 4 is 27.6 Å². The molecule has 0 aromatic heterocycles. The SMILES string of the molecule is Cc1cc(C)c(NC2CCN(C(N)=O)CC2)c(Br)c1. The third-order valence-electron chi connectivity index (χ3n) is 3.59. The predicted octanol–water partition coefficient (Wildman–Crippen LogP) is 3.02. The topological polar surface area (TPSA) is 58.4 Å². The second kappa shape index (κ2) is 5.82. The molecule has 0 radical (unpaired) electrons. The molecule has 3 N–H and O–H groups in total. The Morgan fingerprint density at radius 3 is 2.53 bits per heavy atom. The number of likely N-dealkylation sites (tertiary alicyclic amines) is 1. The third kappa shape index (κ3) is 3.41. The zero-order chi connectivity index (χ0) is 14.0. The summed E-state index contributed by atoms with van der Waals surface area (Å²) in [7, 11) is 0. The number of urea groups is 1. The molecule has 1 aliphatic rings. The minimum Gasteiger partial charge on any atom is -0.381 e. The van der Waals surface area contributed by atoms with E-state index < -0.39 is 0 Å². The van der Waals surface area contributed by atoms with E-state index >= 15 is 0 Å². The Balaban J connectivity index is 2.02. The molecule has 0 saturated carbocycles. The van der Waals surface area contributed by atoms with Gasteiger partial charge in [0.05, 0.1) is 5.69 Å². The summed E-state index contributed by atoms with van der Waals surface area (Å²) in [6.07, 6.45) is 1.87. The van der Waals surface area contributed by atoms with Crippen LogP contribution in [0.3, 0.4) is 0 Å². The van der Waals surface area contributed by atoms with Crippen LogP contribution in [-0.2, 0) is 0 Å². The molecule has 104 valence electrons. The number of carbonyl (C=O) groups excluding carboxylic acids is 1. The van der Waals surface area contributed by atoms with Crippen LogP contribution in [-0.4, -0.2) is 30.1 Å². The van der Waals surface area contributed by atoms with Gasteiger partial charge in [-0.1, -0.05) is 6.07 Å². The fourth-order valence-electron chi connectivity index (χ4n) is 2.55. The number of anilines is 1. The van der Waals surface area contributed by atoms with Gasteiger partial charge in [0.25, 0.3) is 0 Å². The summed E-state index contributed by atoms with van der Waals surface area (Å²) < 4.78 is 1.10. The monoisotopic (exact) mass is 325 g/mol. The summed E-state index contributed by atoms with van der Waals surface area (Å²) in [5, 5.41) is 3.58. The van der Waals surface area contributed by atoms with Gasteiger partial charge in [-0.3, -0.25) is 0 Å². The van der Waals surface area contributed by atoms with Gasteiger partial charge in [0, 0.05) is 23.6 Å². The van der Waals surface area contributed by atoms with Crippen molar-refractivity contribution in [1.82, 2.24) is 4.90 Å². The van der Waals surface area contributed by atoms with E-state index in [1.807, 2.05) is 0 Å². The first-order valence-electron chi connectivity index (χ1n) is 6.55. The number of aryl methyl sites for hydroxylation is 2. The molecule has 1 aromatic carbocycles. The van der Waals surface area contributed by atoms with Crippen LogP contribution in [0.25, 0.3) is 0 Å². The number of benzene rings is 1. The van der Waals surface area contributed by atoms with Crippen LogP contribution in [0.1, 0.15) is 24.0 Å². The number of halogens is 1. The zero-order valence-corrected chi connectivity index (χ0v) is 13.0. The number of hydrogen-bond acceptors (Lipinski definition) is 2. The number of hydrogen-bond donors (Lipinski definition) is 2. The van der Waals surface area contributed by atoms with Gasteiger partial charge >= 0.3 is 6.03 Å². The highest BCUT2D eigenvalue weighted by atomic mass is 79.9. The predicted molar refractivity (Wildman–Crippen MR) is 81.4 cm³/mol. The first-order valence-corrected chi connectivity index (χ1v) is 7.34. The lowest BCUT2D eigenvalue weighted by Gasteiger charge is -2.32. The number of piperidine rings is 1. The summed E-state index contributed by atoms with van der Waals surface area (Å²) in [5.74, 6) is 0. The molecule has 1 saturated heterocycles. The molecule has 19 heavy (non-hydrogen) atoms. The first-order chi connectivity index (χ1) is 8.97. The smallest absolute Gasteiger partial charge is 0.314 e. The van der Waals surface area contributed by atoms with E-state index in [-0.39, 0.29) is 6.03 Å². The summed E-state index contributed by atoms with van der Waals surface area (Å²) in [6.45, 7) is 5.66. The van der Waals surface area contributed by atoms with E-state index in [2.05, 4.69) is 47.2 Å². The number of amides is 2. The maximum absolute atomic E-state index is 11.1. The van der Waals surface area contributed by atoms with Gasteiger partial charge in [-0.05, 0) is 59.8 Å². The van der Waals surface area contributed by atoms with Crippen LogP contribution in [0.2, 0.25) is 0 Å². The van der Waals surface area contributed by atoms with Gasteiger partial charge in [-0.15, -0.1) is 0 Å². The van der Waals surface area contributed by atoms with Crippen molar-refractivity contribution in [3.63, 3.8) is 0 Å². The van der Waals surface area contributed by atoms with Crippen molar-refractivity contribution in [2.24, 2.45) is 5.73 Å². The molecule has 2 amide bonds. The van der Waals surface area contributed by atoms with E-state index in [0.29, 0.717) is 6.04 Å². The lowest BCUT2D eigenvalue weighted by atomic mass is 10.0. The maximum Gasteiger partial charge on any atom is 0.314 e. The highest BCUT2D eigenvalue weighted by Crippen LogP contribution is 2.29. The molecule has 1 aliphatic heterocycles. The zero-order valence-electron chi connectivity index (χ0n) is 11.4. The van der Waals surface area contributed by atoms with E-state index in [1.165, 1.54) is 11.1 Å². The summed E-state index contributed by atoms with van der Waals surface area (Å²) in [5.41, 5.74) is 8.93. The van der Waals surface area contributed by atoms with Gasteiger partial charge in [-0.25, -0.2) is 4.79 Å². The molecular weight excluding hydrogens is 306 g/mol. The van der Waals surface area contributed by atoms with Crippen LogP contribution in [0.5, 0.6) is 0 Å². The normalized spacial score (nSPS) is 16.5. The average Bonchev–Trinajstić information content (AvgIpc) is 2.34. The lowest BCUT2D eigenvalue weighted by molar-refractivity contribution is 0.193. The molecule has 0 bridgehead atoms. The number of primary amides is 1. The molecule has 4 nitrogen and oxygen atoms in total. The van der Waals surface area contributed by atoms with Crippen molar-refractivity contribution in [1.29, 1.82) is 0 Å². The Kier molecular flexibility index (Phi) is 4.34. The van der Waals surface area contributed by atoms with Gasteiger partial charge in [0.1, 0.15) is 0 Å². The second-order valence-electron chi connectivity index (χ2n) is 5.18. The van der Waals surface area contributed by atoms with Gasteiger partial charge in [-0.2, -0.15) is 0 Å². The highest BCUT2D eigenvalue weighted by Gasteiger charge is 2.21. The van der Waals surface area contributed by atoms with Crippen molar-refractivity contribution < 1.29 is 4.79 Å². The van der Waals surface area contributed by atoms with Crippen molar-refractivity contribution in [2.75, 3.05) is 18.4 Å². The van der Waals surface area contributed by atoms with Gasteiger partial charge in [0.15, 0.2) is 0 Å². The Bertz CT molecular complexity index is 459. The van der Waals surface area contributed by atoms with Crippen LogP contribution in [0.15, 0.2) is 16.6 Å². The highest BCUT2D eigenvalue weighted by molar-refractivity contribution is 9.10. The molecule has 0 spiro atoms. The minimum absolute atomic E-state index is 0.314. The molecule has 2 rings (SSSR count). The number of nitrogens with one attached hydrogen (secondary N) is 1. The molecule has 1 aromatic rings. The molecule has 1 fully saturated rings. The fraction of sp³-hybridized carbons (Fsp3) is 0.500. The Hall–Kier alpha value is -1.23. The number of nitrogens with two attached hydrogens (primary N) is 1. The summed E-state index contributed by atoms with van der Waals surface area (Å²) in [4.78, 5) is 12.8. The van der Waals surface area contributed by atoms with Crippen molar-refractivity contribution in [3.05, 3.63) is 27.7 Å². The number of rotatable bonds is 2. The van der Waals surface area contributed by atoms with Crippen LogP contribution in [0.4, 0.5) is 10.5 Å². The third-order valence-corrected chi connectivity index (χ3v) is 4.21. The van der Waals surface area contributed by atoms with Crippen LogP contribution >= 0.6 is 15.9 Å². The van der Waals surface area contributed by atoms with E-state index in [0.717, 1.165) is 36.1 Å². The quantitative estimate of drug-likeness (QED) is 0.878. The van der Waals surface area contributed by atoms with Gasteiger partial charge < -0.3 is 16.0 Å². The molecule has 0 atom stereocenters. The van der Waals surface area contributed by atoms with Crippen molar-refractivity contribution in [3.8, 4) is 0 Å². The first kappa shape index (κ1) is 14.2. The molecule has 0 aliphatic carbocycles. The fourth-order valence-corrected chi connectivity index (χ4v) is 3.34. The van der Waals surface area contributed by atoms with E-state index in [9.17, 15) is 4.79 Å². The Labute approximate surface area is 122 Å². The summed E-state index contributed by atoms with van der Waals surface area (Å²) in [6, 6.07) is 4.37. The lowest BCUT2D eigenvalue weighted by Crippen LogP contribution is -2.44. The minimum atomic E-state index is -0.314. The molecule has 1 heterocycles.